The lowest BCUT2D eigenvalue weighted by atomic mass is 9.95. The second kappa shape index (κ2) is 3.96. The van der Waals surface area contributed by atoms with Crippen LogP contribution in [0.2, 0.25) is 0 Å². The summed E-state index contributed by atoms with van der Waals surface area (Å²) in [5.74, 6) is -0.653. The molecule has 82 valence electrons. The summed E-state index contributed by atoms with van der Waals surface area (Å²) in [6.45, 7) is 7.17. The van der Waals surface area contributed by atoms with Gasteiger partial charge in [0, 0.05) is 5.41 Å². The van der Waals surface area contributed by atoms with E-state index >= 15 is 0 Å². The van der Waals surface area contributed by atoms with Crippen molar-refractivity contribution in [1.82, 2.24) is 4.98 Å². The summed E-state index contributed by atoms with van der Waals surface area (Å²) in [6.07, 6.45) is 1.33. The van der Waals surface area contributed by atoms with E-state index in [-0.39, 0.29) is 5.91 Å². The summed E-state index contributed by atoms with van der Waals surface area (Å²) in [7, 11) is 0. The van der Waals surface area contributed by atoms with Crippen LogP contribution in [0.25, 0.3) is 0 Å². The molecule has 0 aliphatic rings. The monoisotopic (exact) mass is 210 g/mol. The summed E-state index contributed by atoms with van der Waals surface area (Å²) in [5.41, 5.74) is 0.748. The Bertz CT molecular complexity index is 383. The maximum atomic E-state index is 12.7. The van der Waals surface area contributed by atoms with Crippen LogP contribution in [0, 0.1) is 18.3 Å². The molecule has 0 spiro atoms. The molecular weight excluding hydrogens is 195 g/mol. The maximum absolute atomic E-state index is 12.7. The minimum absolute atomic E-state index is 0.112. The van der Waals surface area contributed by atoms with Gasteiger partial charge in [-0.1, -0.05) is 20.8 Å². The van der Waals surface area contributed by atoms with Crippen molar-refractivity contribution in [2.24, 2.45) is 5.41 Å². The average molecular weight is 210 g/mol. The van der Waals surface area contributed by atoms with Crippen LogP contribution in [0.3, 0.4) is 0 Å². The van der Waals surface area contributed by atoms with Crippen molar-refractivity contribution in [2.45, 2.75) is 27.7 Å². The number of rotatable bonds is 1. The highest BCUT2D eigenvalue weighted by molar-refractivity contribution is 5.94. The molecule has 0 aliphatic carbocycles. The van der Waals surface area contributed by atoms with Gasteiger partial charge in [-0.05, 0) is 18.6 Å². The minimum atomic E-state index is -0.541. The summed E-state index contributed by atoms with van der Waals surface area (Å²) < 4.78 is 12.7. The Kier molecular flexibility index (Phi) is 3.07. The van der Waals surface area contributed by atoms with Gasteiger partial charge in [-0.25, -0.2) is 4.98 Å². The zero-order valence-electron chi connectivity index (χ0n) is 9.39. The van der Waals surface area contributed by atoms with Gasteiger partial charge in [0.15, 0.2) is 0 Å². The lowest BCUT2D eigenvalue weighted by molar-refractivity contribution is -0.123. The van der Waals surface area contributed by atoms with Gasteiger partial charge in [0.2, 0.25) is 11.9 Å². The van der Waals surface area contributed by atoms with Crippen LogP contribution in [0.1, 0.15) is 26.3 Å². The average Bonchev–Trinajstić information content (AvgIpc) is 2.08. The van der Waals surface area contributed by atoms with Crippen molar-refractivity contribution in [1.29, 1.82) is 0 Å². The number of carbonyl (C=O) groups excluding carboxylic acids is 1. The molecule has 0 fully saturated rings. The number of carbonyl (C=O) groups is 1. The number of hydrogen-bond donors (Lipinski definition) is 1. The smallest absolute Gasteiger partial charge is 0.229 e. The van der Waals surface area contributed by atoms with Gasteiger partial charge in [-0.2, -0.15) is 4.39 Å². The predicted octanol–water partition coefficient (Wildman–Crippen LogP) is 2.51. The molecule has 15 heavy (non-hydrogen) atoms. The third-order valence-electron chi connectivity index (χ3n) is 2.01. The van der Waals surface area contributed by atoms with Gasteiger partial charge in [-0.3, -0.25) is 4.79 Å². The van der Waals surface area contributed by atoms with Crippen LogP contribution in [-0.2, 0) is 4.79 Å². The summed E-state index contributed by atoms with van der Waals surface area (Å²) in [5, 5.41) is 2.71. The Morgan fingerprint density at radius 3 is 2.53 bits per heavy atom. The number of halogens is 1. The highest BCUT2D eigenvalue weighted by atomic mass is 19.1. The molecule has 4 heteroatoms. The van der Waals surface area contributed by atoms with Gasteiger partial charge < -0.3 is 5.32 Å². The lowest BCUT2D eigenvalue weighted by Crippen LogP contribution is -2.28. The van der Waals surface area contributed by atoms with Crippen molar-refractivity contribution in [3.63, 3.8) is 0 Å². The highest BCUT2D eigenvalue weighted by Crippen LogP contribution is 2.19. The predicted molar refractivity (Wildman–Crippen MR) is 57.0 cm³/mol. The van der Waals surface area contributed by atoms with Crippen LogP contribution in [-0.4, -0.2) is 10.9 Å². The fourth-order valence-corrected chi connectivity index (χ4v) is 0.962. The van der Waals surface area contributed by atoms with E-state index in [2.05, 4.69) is 10.3 Å². The quantitative estimate of drug-likeness (QED) is 0.724. The normalized spacial score (nSPS) is 11.3. The zero-order chi connectivity index (χ0) is 11.6. The Hall–Kier alpha value is -1.45. The number of anilines is 1. The molecule has 1 N–H and O–H groups in total. The minimum Gasteiger partial charge on any atom is -0.324 e. The summed E-state index contributed by atoms with van der Waals surface area (Å²) >= 11 is 0. The van der Waals surface area contributed by atoms with Crippen LogP contribution < -0.4 is 5.32 Å². The van der Waals surface area contributed by atoms with Gasteiger partial charge in [-0.15, -0.1) is 0 Å². The van der Waals surface area contributed by atoms with Gasteiger partial charge >= 0.3 is 0 Å². The first kappa shape index (κ1) is 11.6. The number of hydrogen-bond acceptors (Lipinski definition) is 2. The molecule has 0 aromatic carbocycles. The van der Waals surface area contributed by atoms with Crippen molar-refractivity contribution in [3.8, 4) is 0 Å². The molecule has 1 aromatic heterocycles. The molecule has 0 atom stereocenters. The van der Waals surface area contributed by atoms with E-state index in [9.17, 15) is 9.18 Å². The van der Waals surface area contributed by atoms with Crippen LogP contribution >= 0.6 is 0 Å². The van der Waals surface area contributed by atoms with Gasteiger partial charge in [0.25, 0.3) is 0 Å². The van der Waals surface area contributed by atoms with E-state index in [1.165, 1.54) is 12.3 Å². The Morgan fingerprint density at radius 2 is 2.07 bits per heavy atom. The van der Waals surface area contributed by atoms with E-state index in [1.54, 1.807) is 6.92 Å². The Balaban J connectivity index is 2.87. The number of pyridine rings is 1. The fraction of sp³-hybridized carbons (Fsp3) is 0.455. The Morgan fingerprint density at radius 1 is 1.47 bits per heavy atom. The Labute approximate surface area is 88.7 Å². The third-order valence-corrected chi connectivity index (χ3v) is 2.01. The summed E-state index contributed by atoms with van der Waals surface area (Å²) in [4.78, 5) is 15.1. The second-order valence-corrected chi connectivity index (χ2v) is 4.53. The number of nitrogens with zero attached hydrogens (tertiary/aromatic N) is 1. The molecular formula is C11H15FN2O. The van der Waals surface area contributed by atoms with E-state index in [4.69, 9.17) is 0 Å². The number of amides is 1. The standard InChI is InChI=1S/C11H15FN2O/c1-7-5-9(12)13-6-8(7)14-10(15)11(2,3)4/h5-6H,1-4H3,(H,14,15). The van der Waals surface area contributed by atoms with E-state index in [0.717, 1.165) is 0 Å². The molecule has 1 amide bonds. The maximum Gasteiger partial charge on any atom is 0.229 e. The first-order chi connectivity index (χ1) is 6.80. The molecule has 1 heterocycles. The molecule has 0 saturated carbocycles. The first-order valence-electron chi connectivity index (χ1n) is 4.74. The molecule has 1 aromatic rings. The molecule has 1 rings (SSSR count). The molecule has 0 radical (unpaired) electrons. The largest absolute Gasteiger partial charge is 0.324 e. The van der Waals surface area contributed by atoms with E-state index in [1.807, 2.05) is 20.8 Å². The first-order valence-corrected chi connectivity index (χ1v) is 4.74. The fourth-order valence-electron chi connectivity index (χ4n) is 0.962. The van der Waals surface area contributed by atoms with Crippen LogP contribution in [0.4, 0.5) is 10.1 Å². The van der Waals surface area contributed by atoms with Gasteiger partial charge in [0.05, 0.1) is 11.9 Å². The van der Waals surface area contributed by atoms with Crippen LogP contribution in [0.15, 0.2) is 12.3 Å². The van der Waals surface area contributed by atoms with Gasteiger partial charge in [0.1, 0.15) is 0 Å². The molecule has 0 bridgehead atoms. The highest BCUT2D eigenvalue weighted by Gasteiger charge is 2.21. The lowest BCUT2D eigenvalue weighted by Gasteiger charge is -2.18. The van der Waals surface area contributed by atoms with Crippen molar-refractivity contribution in [3.05, 3.63) is 23.8 Å². The molecule has 0 saturated heterocycles. The van der Waals surface area contributed by atoms with Crippen molar-refractivity contribution < 1.29 is 9.18 Å². The van der Waals surface area contributed by atoms with E-state index < -0.39 is 11.4 Å². The van der Waals surface area contributed by atoms with Crippen molar-refractivity contribution >= 4 is 11.6 Å². The molecule has 0 aliphatic heterocycles. The molecule has 0 unspecified atom stereocenters. The topological polar surface area (TPSA) is 42.0 Å². The van der Waals surface area contributed by atoms with Crippen molar-refractivity contribution in [2.75, 3.05) is 5.32 Å². The third kappa shape index (κ3) is 3.01. The number of aryl methyl sites for hydroxylation is 1. The summed E-state index contributed by atoms with van der Waals surface area (Å²) in [6, 6.07) is 1.29. The van der Waals surface area contributed by atoms with Crippen LogP contribution in [0.5, 0.6) is 0 Å². The molecule has 3 nitrogen and oxygen atoms in total. The number of aromatic nitrogens is 1. The SMILES string of the molecule is Cc1cc(F)ncc1NC(=O)C(C)(C)C. The number of nitrogens with one attached hydrogen (secondary N) is 1. The zero-order valence-corrected chi connectivity index (χ0v) is 9.39. The van der Waals surface area contributed by atoms with E-state index in [0.29, 0.717) is 11.3 Å². The second-order valence-electron chi connectivity index (χ2n) is 4.53.